The monoisotopic (exact) mass is 185 g/mol. The molecule has 0 saturated heterocycles. The van der Waals surface area contributed by atoms with E-state index in [0.717, 1.165) is 11.6 Å². The van der Waals surface area contributed by atoms with E-state index in [1.54, 1.807) is 0 Å². The summed E-state index contributed by atoms with van der Waals surface area (Å²) in [4.78, 5) is 3.39. The van der Waals surface area contributed by atoms with Gasteiger partial charge in [0.15, 0.2) is 5.69 Å². The summed E-state index contributed by atoms with van der Waals surface area (Å²) in [5, 5.41) is 0. The van der Waals surface area contributed by atoms with Crippen LogP contribution in [0.3, 0.4) is 0 Å². The zero-order chi connectivity index (χ0) is 9.80. The zero-order valence-electron chi connectivity index (χ0n) is 8.37. The minimum atomic E-state index is 0.750. The smallest absolute Gasteiger partial charge is 0.187 e. The second-order valence-electron chi connectivity index (χ2n) is 4.13. The summed E-state index contributed by atoms with van der Waals surface area (Å²) in [6.07, 6.45) is 6.81. The van der Waals surface area contributed by atoms with Gasteiger partial charge in [-0.05, 0) is 12.3 Å². The van der Waals surface area contributed by atoms with Gasteiger partial charge in [-0.2, -0.15) is 0 Å². The summed E-state index contributed by atoms with van der Waals surface area (Å²) in [6.45, 7) is 6.86. The first kappa shape index (κ1) is 9.27. The molecule has 0 aromatic heterocycles. The van der Waals surface area contributed by atoms with Gasteiger partial charge in [-0.1, -0.05) is 55.5 Å². The lowest BCUT2D eigenvalue weighted by Gasteiger charge is -2.08. The summed E-state index contributed by atoms with van der Waals surface area (Å²) in [6, 6.07) is 8.06. The molecule has 0 N–H and O–H groups in total. The normalized spacial score (nSPS) is 16.8. The molecule has 0 aliphatic heterocycles. The van der Waals surface area contributed by atoms with Gasteiger partial charge in [0.25, 0.3) is 0 Å². The van der Waals surface area contributed by atoms with E-state index in [1.165, 1.54) is 37.7 Å². The first-order chi connectivity index (χ1) is 6.88. The van der Waals surface area contributed by atoms with E-state index in [4.69, 9.17) is 6.57 Å². The fraction of sp³-hybridized carbons (Fsp3) is 0.462. The van der Waals surface area contributed by atoms with Gasteiger partial charge in [0.2, 0.25) is 0 Å². The molecule has 0 bridgehead atoms. The third-order valence-corrected chi connectivity index (χ3v) is 3.06. The maximum atomic E-state index is 6.86. The zero-order valence-corrected chi connectivity index (χ0v) is 8.37. The molecule has 0 heterocycles. The van der Waals surface area contributed by atoms with E-state index >= 15 is 0 Å². The molecule has 72 valence electrons. The van der Waals surface area contributed by atoms with Gasteiger partial charge in [0.1, 0.15) is 0 Å². The van der Waals surface area contributed by atoms with Crippen molar-refractivity contribution in [2.45, 2.75) is 32.1 Å². The van der Waals surface area contributed by atoms with Crippen molar-refractivity contribution in [1.82, 2.24) is 0 Å². The minimum Gasteiger partial charge on any atom is -0.238 e. The molecule has 0 radical (unpaired) electrons. The van der Waals surface area contributed by atoms with E-state index < -0.39 is 0 Å². The van der Waals surface area contributed by atoms with Crippen molar-refractivity contribution in [3.05, 3.63) is 41.2 Å². The van der Waals surface area contributed by atoms with Crippen LogP contribution >= 0.6 is 0 Å². The Bertz CT molecular complexity index is 325. The van der Waals surface area contributed by atoms with Crippen molar-refractivity contribution in [1.29, 1.82) is 0 Å². The number of rotatable bonds is 2. The van der Waals surface area contributed by atoms with E-state index in [-0.39, 0.29) is 0 Å². The fourth-order valence-electron chi connectivity index (χ4n) is 2.25. The van der Waals surface area contributed by atoms with Gasteiger partial charge < -0.3 is 0 Å². The van der Waals surface area contributed by atoms with Crippen LogP contribution in [0.1, 0.15) is 31.2 Å². The number of hydrogen-bond donors (Lipinski definition) is 0. The molecule has 1 aliphatic carbocycles. The highest BCUT2D eigenvalue weighted by atomic mass is 14.6. The fourth-order valence-corrected chi connectivity index (χ4v) is 2.25. The van der Waals surface area contributed by atoms with E-state index in [1.807, 2.05) is 12.1 Å². The Morgan fingerprint density at radius 3 is 2.36 bits per heavy atom. The van der Waals surface area contributed by atoms with Crippen LogP contribution in [0.2, 0.25) is 0 Å². The standard InChI is InChI=1S/C13H15N/c1-14-13-8-6-12(7-9-13)10-11-4-2-3-5-11/h6-9,11H,2-5,10H2. The maximum Gasteiger partial charge on any atom is 0.187 e. The van der Waals surface area contributed by atoms with Gasteiger partial charge in [0.05, 0.1) is 6.57 Å². The average molecular weight is 185 g/mol. The molecule has 1 nitrogen and oxygen atoms in total. The largest absolute Gasteiger partial charge is 0.238 e. The molecule has 1 heteroatoms. The number of benzene rings is 1. The second kappa shape index (κ2) is 4.28. The maximum absolute atomic E-state index is 6.86. The van der Waals surface area contributed by atoms with Gasteiger partial charge in [-0.3, -0.25) is 0 Å². The third kappa shape index (κ3) is 2.14. The highest BCUT2D eigenvalue weighted by Crippen LogP contribution is 2.28. The van der Waals surface area contributed by atoms with Gasteiger partial charge in [-0.25, -0.2) is 4.85 Å². The molecule has 0 atom stereocenters. The summed E-state index contributed by atoms with van der Waals surface area (Å²) >= 11 is 0. The number of nitrogens with zero attached hydrogens (tertiary/aromatic N) is 1. The Balaban J connectivity index is 1.99. The van der Waals surface area contributed by atoms with Crippen molar-refractivity contribution < 1.29 is 0 Å². The van der Waals surface area contributed by atoms with E-state index in [2.05, 4.69) is 17.0 Å². The van der Waals surface area contributed by atoms with Crippen LogP contribution in [-0.2, 0) is 6.42 Å². The lowest BCUT2D eigenvalue weighted by Crippen LogP contribution is -1.97. The van der Waals surface area contributed by atoms with Gasteiger partial charge in [0, 0.05) is 0 Å². The molecule has 1 aromatic rings. The third-order valence-electron chi connectivity index (χ3n) is 3.06. The highest BCUT2D eigenvalue weighted by molar-refractivity contribution is 5.45. The van der Waals surface area contributed by atoms with Crippen LogP contribution < -0.4 is 0 Å². The summed E-state index contributed by atoms with van der Waals surface area (Å²) < 4.78 is 0. The molecule has 1 aliphatic rings. The summed E-state index contributed by atoms with van der Waals surface area (Å²) in [5.74, 6) is 0.897. The molecular formula is C13H15N. The molecule has 1 saturated carbocycles. The SMILES string of the molecule is [C-]#[N+]c1ccc(CC2CCCC2)cc1. The first-order valence-electron chi connectivity index (χ1n) is 5.35. The van der Waals surface area contributed by atoms with E-state index in [9.17, 15) is 0 Å². The van der Waals surface area contributed by atoms with Crippen molar-refractivity contribution >= 4 is 5.69 Å². The molecular weight excluding hydrogens is 170 g/mol. The lowest BCUT2D eigenvalue weighted by molar-refractivity contribution is 0.546. The molecule has 0 amide bonds. The predicted molar refractivity (Wildman–Crippen MR) is 58.4 cm³/mol. The molecule has 0 unspecified atom stereocenters. The topological polar surface area (TPSA) is 4.36 Å². The molecule has 1 aromatic carbocycles. The molecule has 14 heavy (non-hydrogen) atoms. The van der Waals surface area contributed by atoms with Gasteiger partial charge >= 0.3 is 0 Å². The van der Waals surface area contributed by atoms with Crippen LogP contribution in [0.15, 0.2) is 24.3 Å². The lowest BCUT2D eigenvalue weighted by atomic mass is 9.98. The number of hydrogen-bond acceptors (Lipinski definition) is 0. The average Bonchev–Trinajstić information content (AvgIpc) is 2.72. The Morgan fingerprint density at radius 2 is 1.79 bits per heavy atom. The van der Waals surface area contributed by atoms with Crippen LogP contribution in [0, 0.1) is 12.5 Å². The Morgan fingerprint density at radius 1 is 1.14 bits per heavy atom. The van der Waals surface area contributed by atoms with Crippen LogP contribution in [0.25, 0.3) is 4.85 Å². The Labute approximate surface area is 85.6 Å². The minimum absolute atomic E-state index is 0.750. The molecule has 2 rings (SSSR count). The Kier molecular flexibility index (Phi) is 2.84. The van der Waals surface area contributed by atoms with E-state index in [0.29, 0.717) is 0 Å². The second-order valence-corrected chi connectivity index (χ2v) is 4.13. The summed E-state index contributed by atoms with van der Waals surface area (Å²) in [5.41, 5.74) is 2.14. The van der Waals surface area contributed by atoms with Crippen molar-refractivity contribution in [3.63, 3.8) is 0 Å². The van der Waals surface area contributed by atoms with Crippen LogP contribution in [0.5, 0.6) is 0 Å². The molecule has 0 spiro atoms. The first-order valence-corrected chi connectivity index (χ1v) is 5.35. The molecule has 1 fully saturated rings. The Hall–Kier alpha value is -1.29. The van der Waals surface area contributed by atoms with Crippen molar-refractivity contribution in [3.8, 4) is 0 Å². The summed E-state index contributed by atoms with van der Waals surface area (Å²) in [7, 11) is 0. The van der Waals surface area contributed by atoms with Crippen LogP contribution in [-0.4, -0.2) is 0 Å². The predicted octanol–water partition coefficient (Wildman–Crippen LogP) is 3.97. The van der Waals surface area contributed by atoms with Crippen molar-refractivity contribution in [2.75, 3.05) is 0 Å². The van der Waals surface area contributed by atoms with Crippen LogP contribution in [0.4, 0.5) is 5.69 Å². The van der Waals surface area contributed by atoms with Crippen molar-refractivity contribution in [2.24, 2.45) is 5.92 Å². The quantitative estimate of drug-likeness (QED) is 0.614. The van der Waals surface area contributed by atoms with Gasteiger partial charge in [-0.15, -0.1) is 0 Å². The highest BCUT2D eigenvalue weighted by Gasteiger charge is 2.14.